The van der Waals surface area contributed by atoms with Crippen molar-refractivity contribution in [3.05, 3.63) is 54.3 Å². The summed E-state index contributed by atoms with van der Waals surface area (Å²) in [6.07, 6.45) is -0.0381. The molecule has 1 amide bonds. The summed E-state index contributed by atoms with van der Waals surface area (Å²) in [6.45, 7) is 2.14. The molecule has 6 nitrogen and oxygen atoms in total. The summed E-state index contributed by atoms with van der Waals surface area (Å²) in [5.41, 5.74) is 0.372. The molecule has 0 saturated carbocycles. The molecule has 1 aromatic heterocycles. The molecule has 3 aromatic rings. The lowest BCUT2D eigenvalue weighted by atomic mass is 10.3. The quantitative estimate of drug-likeness (QED) is 0.619. The molecule has 0 N–H and O–H groups in total. The topological polar surface area (TPSA) is 70.6 Å². The Morgan fingerprint density at radius 3 is 2.45 bits per heavy atom. The lowest BCUT2D eigenvalue weighted by Gasteiger charge is -2.34. The number of sulfone groups is 1. The lowest BCUT2D eigenvalue weighted by molar-refractivity contribution is -0.131. The lowest BCUT2D eigenvalue weighted by Crippen LogP contribution is -2.49. The van der Waals surface area contributed by atoms with Gasteiger partial charge in [0.1, 0.15) is 11.3 Å². The van der Waals surface area contributed by atoms with Crippen molar-refractivity contribution >= 4 is 42.4 Å². The zero-order valence-corrected chi connectivity index (χ0v) is 17.3. The molecule has 0 radical (unpaired) electrons. The third kappa shape index (κ3) is 4.25. The van der Waals surface area contributed by atoms with Crippen molar-refractivity contribution in [1.29, 1.82) is 0 Å². The Bertz CT molecular complexity index is 1120. The molecule has 0 atom stereocenters. The second kappa shape index (κ2) is 8.08. The van der Waals surface area contributed by atoms with Crippen LogP contribution in [0.3, 0.4) is 0 Å². The molecular weight excluding hydrogens is 413 g/mol. The van der Waals surface area contributed by atoms with E-state index in [1.165, 1.54) is 17.4 Å². The molecule has 29 heavy (non-hydrogen) atoms. The number of nitrogens with zero attached hydrogens (tertiary/aromatic N) is 3. The van der Waals surface area contributed by atoms with E-state index in [0.29, 0.717) is 31.7 Å². The molecular formula is C20H20FN3O3S2. The maximum absolute atomic E-state index is 13.9. The van der Waals surface area contributed by atoms with Gasteiger partial charge in [0.2, 0.25) is 5.91 Å². The van der Waals surface area contributed by atoms with Gasteiger partial charge in [-0.1, -0.05) is 35.6 Å². The number of hydrogen-bond acceptors (Lipinski definition) is 6. The first-order chi connectivity index (χ1) is 13.9. The fraction of sp³-hybridized carbons (Fsp3) is 0.300. The third-order valence-electron chi connectivity index (χ3n) is 4.95. The van der Waals surface area contributed by atoms with Gasteiger partial charge in [0.15, 0.2) is 15.0 Å². The number of fused-ring (bicyclic) bond motifs is 1. The van der Waals surface area contributed by atoms with Crippen LogP contribution in [0.4, 0.5) is 9.52 Å². The molecule has 1 saturated heterocycles. The molecule has 2 heterocycles. The highest BCUT2D eigenvalue weighted by molar-refractivity contribution is 7.91. The minimum Gasteiger partial charge on any atom is -0.345 e. The summed E-state index contributed by atoms with van der Waals surface area (Å²) in [6, 6.07) is 13.1. The number of para-hydroxylation sites is 1. The molecule has 0 bridgehead atoms. The zero-order chi connectivity index (χ0) is 20.4. The van der Waals surface area contributed by atoms with E-state index in [0.717, 1.165) is 9.83 Å². The summed E-state index contributed by atoms with van der Waals surface area (Å²) in [5, 5.41) is 0.740. The number of carbonyl (C=O) groups is 1. The fourth-order valence-corrected chi connectivity index (χ4v) is 5.59. The molecule has 9 heteroatoms. The van der Waals surface area contributed by atoms with Gasteiger partial charge in [0.25, 0.3) is 0 Å². The van der Waals surface area contributed by atoms with Gasteiger partial charge in [-0.15, -0.1) is 0 Å². The molecule has 1 aliphatic rings. The average Bonchev–Trinajstić information content (AvgIpc) is 3.19. The van der Waals surface area contributed by atoms with Crippen LogP contribution in [0.5, 0.6) is 0 Å². The summed E-state index contributed by atoms with van der Waals surface area (Å²) in [4.78, 5) is 20.8. The predicted molar refractivity (Wildman–Crippen MR) is 111 cm³/mol. The molecule has 4 rings (SSSR count). The Morgan fingerprint density at radius 1 is 1.03 bits per heavy atom. The number of aromatic nitrogens is 1. The highest BCUT2D eigenvalue weighted by Gasteiger charge is 2.25. The van der Waals surface area contributed by atoms with Crippen molar-refractivity contribution in [1.82, 2.24) is 9.88 Å². The van der Waals surface area contributed by atoms with E-state index in [9.17, 15) is 17.6 Å². The van der Waals surface area contributed by atoms with Crippen molar-refractivity contribution in [2.24, 2.45) is 0 Å². The van der Waals surface area contributed by atoms with Crippen LogP contribution in [0, 0.1) is 5.82 Å². The molecule has 0 aliphatic carbocycles. The fourth-order valence-electron chi connectivity index (χ4n) is 3.31. The average molecular weight is 434 g/mol. The zero-order valence-electron chi connectivity index (χ0n) is 15.6. The normalized spacial score (nSPS) is 15.1. The van der Waals surface area contributed by atoms with Crippen LogP contribution in [0.2, 0.25) is 0 Å². The minimum atomic E-state index is -3.47. The van der Waals surface area contributed by atoms with Gasteiger partial charge in [-0.25, -0.2) is 17.8 Å². The first kappa shape index (κ1) is 19.8. The van der Waals surface area contributed by atoms with Gasteiger partial charge >= 0.3 is 0 Å². The van der Waals surface area contributed by atoms with Crippen LogP contribution in [-0.4, -0.2) is 56.1 Å². The van der Waals surface area contributed by atoms with Gasteiger partial charge in [0, 0.05) is 32.6 Å². The van der Waals surface area contributed by atoms with Crippen LogP contribution in [0.15, 0.2) is 53.4 Å². The van der Waals surface area contributed by atoms with Gasteiger partial charge in [-0.2, -0.15) is 0 Å². The largest absolute Gasteiger partial charge is 0.345 e. The molecule has 1 aliphatic heterocycles. The Morgan fingerprint density at radius 2 is 1.76 bits per heavy atom. The first-order valence-electron chi connectivity index (χ1n) is 9.30. The highest BCUT2D eigenvalue weighted by Crippen LogP contribution is 2.30. The van der Waals surface area contributed by atoms with Crippen LogP contribution < -0.4 is 4.90 Å². The van der Waals surface area contributed by atoms with E-state index in [1.807, 2.05) is 11.0 Å². The molecule has 152 valence electrons. The number of anilines is 1. The van der Waals surface area contributed by atoms with Gasteiger partial charge in [-0.05, 0) is 24.3 Å². The number of hydrogen-bond donors (Lipinski definition) is 0. The van der Waals surface area contributed by atoms with Crippen molar-refractivity contribution in [2.45, 2.75) is 11.3 Å². The van der Waals surface area contributed by atoms with Crippen molar-refractivity contribution < 1.29 is 17.6 Å². The standard InChI is InChI=1S/C20H20FN3O3S2/c21-16-7-4-8-17-19(16)22-20(28-17)24-12-10-23(11-13-24)18(25)9-14-29(26,27)15-5-2-1-3-6-15/h1-8H,9-14H2. The Labute approximate surface area is 172 Å². The smallest absolute Gasteiger partial charge is 0.223 e. The van der Waals surface area contributed by atoms with Crippen LogP contribution in [-0.2, 0) is 14.6 Å². The molecule has 2 aromatic carbocycles. The number of benzene rings is 2. The van der Waals surface area contributed by atoms with Crippen LogP contribution in [0.25, 0.3) is 10.2 Å². The van der Waals surface area contributed by atoms with Crippen molar-refractivity contribution in [3.63, 3.8) is 0 Å². The third-order valence-corrected chi connectivity index (χ3v) is 7.76. The van der Waals surface area contributed by atoms with Crippen LogP contribution in [0.1, 0.15) is 6.42 Å². The summed E-state index contributed by atoms with van der Waals surface area (Å²) < 4.78 is 39.4. The van der Waals surface area contributed by atoms with E-state index in [4.69, 9.17) is 0 Å². The maximum atomic E-state index is 13.9. The molecule has 1 fully saturated rings. The molecule has 0 spiro atoms. The SMILES string of the molecule is O=C(CCS(=O)(=O)c1ccccc1)N1CCN(c2nc3c(F)cccc3s2)CC1. The number of thiazole rings is 1. The summed E-state index contributed by atoms with van der Waals surface area (Å²) in [5.74, 6) is -0.703. The second-order valence-corrected chi connectivity index (χ2v) is 9.95. The van der Waals surface area contributed by atoms with Crippen LogP contribution >= 0.6 is 11.3 Å². The monoisotopic (exact) mass is 433 g/mol. The summed E-state index contributed by atoms with van der Waals surface area (Å²) in [7, 11) is -3.47. The number of carbonyl (C=O) groups excluding carboxylic acids is 1. The van der Waals surface area contributed by atoms with E-state index in [1.54, 1.807) is 41.3 Å². The minimum absolute atomic E-state index is 0.0381. The number of halogens is 1. The van der Waals surface area contributed by atoms with Crippen molar-refractivity contribution in [2.75, 3.05) is 36.8 Å². The maximum Gasteiger partial charge on any atom is 0.223 e. The first-order valence-corrected chi connectivity index (χ1v) is 11.8. The second-order valence-electron chi connectivity index (χ2n) is 6.83. The number of rotatable bonds is 5. The Kier molecular flexibility index (Phi) is 5.51. The Balaban J connectivity index is 1.34. The van der Waals surface area contributed by atoms with Crippen molar-refractivity contribution in [3.8, 4) is 0 Å². The van der Waals surface area contributed by atoms with E-state index in [-0.39, 0.29) is 28.8 Å². The number of amides is 1. The predicted octanol–water partition coefficient (Wildman–Crippen LogP) is 2.95. The molecule has 0 unspecified atom stereocenters. The van der Waals surface area contributed by atoms with E-state index < -0.39 is 9.84 Å². The van der Waals surface area contributed by atoms with E-state index in [2.05, 4.69) is 4.98 Å². The number of piperazine rings is 1. The summed E-state index contributed by atoms with van der Waals surface area (Å²) >= 11 is 1.43. The van der Waals surface area contributed by atoms with Gasteiger partial charge in [-0.3, -0.25) is 4.79 Å². The van der Waals surface area contributed by atoms with E-state index >= 15 is 0 Å². The van der Waals surface area contributed by atoms with Gasteiger partial charge in [0.05, 0.1) is 15.3 Å². The Hall–Kier alpha value is -2.52. The van der Waals surface area contributed by atoms with Gasteiger partial charge < -0.3 is 9.80 Å². The highest BCUT2D eigenvalue weighted by atomic mass is 32.2.